The zero-order chi connectivity index (χ0) is 16.0. The molecule has 1 aliphatic rings. The van der Waals surface area contributed by atoms with Gasteiger partial charge < -0.3 is 10.1 Å². The van der Waals surface area contributed by atoms with Gasteiger partial charge in [0.05, 0.1) is 22.8 Å². The van der Waals surface area contributed by atoms with E-state index >= 15 is 0 Å². The van der Waals surface area contributed by atoms with Crippen molar-refractivity contribution in [3.05, 3.63) is 63.0 Å². The van der Waals surface area contributed by atoms with Crippen LogP contribution in [-0.4, -0.2) is 12.9 Å². The lowest BCUT2D eigenvalue weighted by Crippen LogP contribution is -2.17. The van der Waals surface area contributed by atoms with E-state index in [1.54, 1.807) is 7.11 Å². The first-order valence-corrected chi connectivity index (χ1v) is 8.67. The number of anilines is 1. The van der Waals surface area contributed by atoms with Crippen LogP contribution < -0.4 is 10.1 Å². The second-order valence-electron chi connectivity index (χ2n) is 5.23. The van der Waals surface area contributed by atoms with Gasteiger partial charge in [-0.25, -0.2) is 4.99 Å². The molecule has 0 aromatic heterocycles. The van der Waals surface area contributed by atoms with Crippen molar-refractivity contribution in [2.75, 3.05) is 12.4 Å². The second kappa shape index (κ2) is 5.65. The second-order valence-corrected chi connectivity index (χ2v) is 7.00. The first-order chi connectivity index (χ1) is 11.2. The summed E-state index contributed by atoms with van der Waals surface area (Å²) in [5, 5.41) is 5.76. The number of halogens is 2. The zero-order valence-electron chi connectivity index (χ0n) is 12.2. The topological polar surface area (TPSA) is 33.6 Å². The molecule has 0 unspecified atom stereocenters. The molecule has 5 heteroatoms. The number of amidine groups is 1. The van der Waals surface area contributed by atoms with E-state index in [0.717, 1.165) is 42.9 Å². The monoisotopic (exact) mass is 430 g/mol. The number of rotatable bonds is 2. The highest BCUT2D eigenvalue weighted by molar-refractivity contribution is 9.11. The average Bonchev–Trinajstić information content (AvgIpc) is 2.54. The molecule has 3 aromatic rings. The maximum atomic E-state index is 5.56. The molecule has 1 aliphatic heterocycles. The van der Waals surface area contributed by atoms with Crippen molar-refractivity contribution in [1.82, 2.24) is 0 Å². The lowest BCUT2D eigenvalue weighted by molar-refractivity contribution is 0.411. The third-order valence-electron chi connectivity index (χ3n) is 3.84. The molecule has 0 fully saturated rings. The normalized spacial score (nSPS) is 12.7. The largest absolute Gasteiger partial charge is 0.495 e. The Hall–Kier alpha value is -1.85. The number of ether oxygens (including phenoxy) is 1. The summed E-state index contributed by atoms with van der Waals surface area (Å²) in [6.45, 7) is 0. The van der Waals surface area contributed by atoms with Gasteiger partial charge >= 0.3 is 0 Å². The molecule has 0 saturated heterocycles. The van der Waals surface area contributed by atoms with Crippen LogP contribution in [0.15, 0.2) is 62.5 Å². The van der Waals surface area contributed by atoms with Crippen molar-refractivity contribution in [3.63, 3.8) is 0 Å². The van der Waals surface area contributed by atoms with Gasteiger partial charge in [-0.2, -0.15) is 0 Å². The average molecular weight is 432 g/mol. The van der Waals surface area contributed by atoms with Crippen molar-refractivity contribution in [2.45, 2.75) is 0 Å². The van der Waals surface area contributed by atoms with Crippen LogP contribution in [0.3, 0.4) is 0 Å². The summed E-state index contributed by atoms with van der Waals surface area (Å²) in [5.74, 6) is 1.53. The van der Waals surface area contributed by atoms with E-state index in [1.807, 2.05) is 30.3 Å². The van der Waals surface area contributed by atoms with E-state index in [9.17, 15) is 0 Å². The SMILES string of the molecule is COc1c(Br)cc(Br)cc1C1=Nc2cccc3cccc(c23)N1. The summed E-state index contributed by atoms with van der Waals surface area (Å²) in [6, 6.07) is 16.3. The molecular formula is C18H12Br2N2O. The minimum atomic E-state index is 0.756. The predicted molar refractivity (Wildman–Crippen MR) is 102 cm³/mol. The lowest BCUT2D eigenvalue weighted by Gasteiger charge is -2.21. The van der Waals surface area contributed by atoms with Crippen LogP contribution >= 0.6 is 31.9 Å². The van der Waals surface area contributed by atoms with Gasteiger partial charge in [0, 0.05) is 15.5 Å². The Kier molecular flexibility index (Phi) is 3.62. The molecule has 0 atom stereocenters. The molecular weight excluding hydrogens is 420 g/mol. The van der Waals surface area contributed by atoms with Gasteiger partial charge in [-0.3, -0.25) is 0 Å². The van der Waals surface area contributed by atoms with Gasteiger partial charge in [-0.15, -0.1) is 0 Å². The highest BCUT2D eigenvalue weighted by Gasteiger charge is 2.20. The van der Waals surface area contributed by atoms with Crippen molar-refractivity contribution in [3.8, 4) is 5.75 Å². The molecule has 3 nitrogen and oxygen atoms in total. The van der Waals surface area contributed by atoms with E-state index in [-0.39, 0.29) is 0 Å². The van der Waals surface area contributed by atoms with Crippen LogP contribution in [0.25, 0.3) is 10.8 Å². The first-order valence-electron chi connectivity index (χ1n) is 7.08. The van der Waals surface area contributed by atoms with Crippen molar-refractivity contribution >= 4 is 59.8 Å². The molecule has 3 aromatic carbocycles. The molecule has 1 N–H and O–H groups in total. The van der Waals surface area contributed by atoms with Gasteiger partial charge in [-0.05, 0) is 45.6 Å². The fraction of sp³-hybridized carbons (Fsp3) is 0.0556. The summed E-state index contributed by atoms with van der Waals surface area (Å²) < 4.78 is 7.40. The van der Waals surface area contributed by atoms with Crippen LogP contribution in [-0.2, 0) is 0 Å². The lowest BCUT2D eigenvalue weighted by atomic mass is 10.0. The molecule has 4 rings (SSSR count). The molecule has 0 amide bonds. The number of benzene rings is 3. The number of hydrogen-bond donors (Lipinski definition) is 1. The van der Waals surface area contributed by atoms with E-state index in [0.29, 0.717) is 0 Å². The van der Waals surface area contributed by atoms with E-state index in [2.05, 4.69) is 55.4 Å². The number of methoxy groups -OCH3 is 1. The molecule has 0 aliphatic carbocycles. The fourth-order valence-corrected chi connectivity index (χ4v) is 4.25. The summed E-state index contributed by atoms with van der Waals surface area (Å²) in [6.07, 6.45) is 0. The molecule has 0 spiro atoms. The van der Waals surface area contributed by atoms with Crippen LogP contribution in [0, 0.1) is 0 Å². The minimum Gasteiger partial charge on any atom is -0.495 e. The smallest absolute Gasteiger partial charge is 0.144 e. The van der Waals surface area contributed by atoms with E-state index in [1.165, 1.54) is 5.39 Å². The standard InChI is InChI=1S/C18H12Br2N2O/c1-23-17-12(8-11(19)9-13(17)20)18-21-14-6-2-4-10-5-3-7-15(22-18)16(10)14/h2-9H,1H3,(H,21,22). The fourth-order valence-electron chi connectivity index (χ4n) is 2.87. The number of hydrogen-bond acceptors (Lipinski definition) is 3. The van der Waals surface area contributed by atoms with E-state index < -0.39 is 0 Å². The predicted octanol–water partition coefficient (Wildman–Crippen LogP) is 5.88. The van der Waals surface area contributed by atoms with E-state index in [4.69, 9.17) is 9.73 Å². The van der Waals surface area contributed by atoms with Crippen LogP contribution in [0.2, 0.25) is 0 Å². The van der Waals surface area contributed by atoms with Crippen LogP contribution in [0.5, 0.6) is 5.75 Å². The van der Waals surface area contributed by atoms with Gasteiger partial charge in [0.25, 0.3) is 0 Å². The summed E-state index contributed by atoms with van der Waals surface area (Å²) >= 11 is 7.08. The van der Waals surface area contributed by atoms with Crippen LogP contribution in [0.4, 0.5) is 11.4 Å². The Morgan fingerprint density at radius 3 is 2.61 bits per heavy atom. The Labute approximate surface area is 150 Å². The third kappa shape index (κ3) is 2.44. The Balaban J connectivity index is 1.96. The number of nitrogens with zero attached hydrogens (tertiary/aromatic N) is 1. The Morgan fingerprint density at radius 1 is 1.04 bits per heavy atom. The highest BCUT2D eigenvalue weighted by Crippen LogP contribution is 2.39. The molecule has 0 radical (unpaired) electrons. The maximum absolute atomic E-state index is 5.56. The Bertz CT molecular complexity index is 961. The minimum absolute atomic E-state index is 0.756. The summed E-state index contributed by atoms with van der Waals surface area (Å²) in [7, 11) is 1.66. The number of aliphatic imine (C=N–C) groups is 1. The zero-order valence-corrected chi connectivity index (χ0v) is 15.4. The van der Waals surface area contributed by atoms with Gasteiger partial charge in [0.2, 0.25) is 0 Å². The molecule has 23 heavy (non-hydrogen) atoms. The summed E-state index contributed by atoms with van der Waals surface area (Å²) in [4.78, 5) is 4.81. The molecule has 114 valence electrons. The van der Waals surface area contributed by atoms with Gasteiger partial charge in [-0.1, -0.05) is 40.2 Å². The van der Waals surface area contributed by atoms with Gasteiger partial charge in [0.15, 0.2) is 0 Å². The first kappa shape index (κ1) is 14.7. The molecule has 1 heterocycles. The molecule has 0 saturated carbocycles. The van der Waals surface area contributed by atoms with Crippen LogP contribution in [0.1, 0.15) is 5.56 Å². The number of nitrogens with one attached hydrogen (secondary N) is 1. The third-order valence-corrected chi connectivity index (χ3v) is 4.88. The maximum Gasteiger partial charge on any atom is 0.144 e. The van der Waals surface area contributed by atoms with Gasteiger partial charge in [0.1, 0.15) is 11.6 Å². The Morgan fingerprint density at radius 2 is 1.83 bits per heavy atom. The highest BCUT2D eigenvalue weighted by atomic mass is 79.9. The molecule has 0 bridgehead atoms. The van der Waals surface area contributed by atoms with Crippen molar-refractivity contribution in [2.24, 2.45) is 4.99 Å². The summed E-state index contributed by atoms with van der Waals surface area (Å²) in [5.41, 5.74) is 2.92. The quantitative estimate of drug-likeness (QED) is 0.549. The van der Waals surface area contributed by atoms with Crippen molar-refractivity contribution < 1.29 is 4.74 Å². The van der Waals surface area contributed by atoms with Crippen molar-refractivity contribution in [1.29, 1.82) is 0 Å².